The van der Waals surface area contributed by atoms with Crippen LogP contribution in [0.15, 0.2) is 49.6 Å². The van der Waals surface area contributed by atoms with Gasteiger partial charge in [0.05, 0.1) is 5.69 Å². The molecule has 1 atom stereocenters. The molecule has 102 valence electrons. The van der Waals surface area contributed by atoms with Gasteiger partial charge in [-0.1, -0.05) is 54.6 Å². The van der Waals surface area contributed by atoms with Crippen LogP contribution in [0.1, 0.15) is 22.9 Å². The first-order valence-electron chi connectivity index (χ1n) is 5.83. The van der Waals surface area contributed by atoms with Crippen molar-refractivity contribution in [2.45, 2.75) is 6.10 Å². The summed E-state index contributed by atoms with van der Waals surface area (Å²) >= 11 is 11.9. The van der Waals surface area contributed by atoms with Crippen LogP contribution < -0.4 is 0 Å². The Hall–Kier alpha value is -1.68. The van der Waals surface area contributed by atoms with Gasteiger partial charge in [-0.25, -0.2) is 9.97 Å². The van der Waals surface area contributed by atoms with Crippen molar-refractivity contribution < 1.29 is 5.11 Å². The number of aliphatic hydroxyl groups is 1. The van der Waals surface area contributed by atoms with Crippen molar-refractivity contribution in [1.29, 1.82) is 0 Å². The number of aliphatic hydroxyl groups excluding tert-OH is 1. The van der Waals surface area contributed by atoms with E-state index in [1.54, 1.807) is 0 Å². The Morgan fingerprint density at radius 3 is 2.45 bits per heavy atom. The quantitative estimate of drug-likeness (QED) is 0.526. The molecule has 0 fully saturated rings. The van der Waals surface area contributed by atoms with Crippen molar-refractivity contribution >= 4 is 28.8 Å². The van der Waals surface area contributed by atoms with Crippen molar-refractivity contribution in [2.75, 3.05) is 0 Å². The molecule has 1 aromatic heterocycles. The van der Waals surface area contributed by atoms with Gasteiger partial charge in [0.15, 0.2) is 0 Å². The number of hydrogen-bond acceptors (Lipinski definition) is 3. The van der Waals surface area contributed by atoms with Crippen LogP contribution in [0.4, 0.5) is 0 Å². The molecule has 2 rings (SSSR count). The normalized spacial score (nSPS) is 11.9. The van der Waals surface area contributed by atoms with Gasteiger partial charge in [0.25, 0.3) is 0 Å². The fraction of sp³-hybridized carbons (Fsp3) is 0.0667. The van der Waals surface area contributed by atoms with Crippen LogP contribution in [-0.4, -0.2) is 15.1 Å². The fourth-order valence-electron chi connectivity index (χ4n) is 1.80. The molecule has 1 heterocycles. The number of aromatic nitrogens is 2. The second-order valence-electron chi connectivity index (χ2n) is 4.07. The molecule has 1 N–H and O–H groups in total. The standard InChI is InChI=1S/C15H12Cl2N2O/c1-3-11(20)12-13(18-15(17)19-14(12)16)9(2)10-7-5-4-6-8-10/h3-8,11,20H,1-2H2. The summed E-state index contributed by atoms with van der Waals surface area (Å²) in [6.45, 7) is 7.55. The summed E-state index contributed by atoms with van der Waals surface area (Å²) in [7, 11) is 0. The van der Waals surface area contributed by atoms with Crippen LogP contribution in [0.3, 0.4) is 0 Å². The molecule has 0 aliphatic rings. The first kappa shape index (κ1) is 14.7. The third-order valence-corrected chi connectivity index (χ3v) is 3.26. The monoisotopic (exact) mass is 306 g/mol. The summed E-state index contributed by atoms with van der Waals surface area (Å²) in [5, 5.41) is 10.1. The molecule has 1 unspecified atom stereocenters. The van der Waals surface area contributed by atoms with Crippen molar-refractivity contribution in [2.24, 2.45) is 0 Å². The minimum absolute atomic E-state index is 0.00194. The molecule has 0 bridgehead atoms. The van der Waals surface area contributed by atoms with Crippen molar-refractivity contribution in [3.05, 3.63) is 76.8 Å². The molecule has 2 aromatic rings. The van der Waals surface area contributed by atoms with E-state index in [9.17, 15) is 5.11 Å². The molecular formula is C15H12Cl2N2O. The van der Waals surface area contributed by atoms with E-state index >= 15 is 0 Å². The molecule has 0 saturated heterocycles. The van der Waals surface area contributed by atoms with Gasteiger partial charge in [0, 0.05) is 11.1 Å². The van der Waals surface area contributed by atoms with Gasteiger partial charge in [-0.15, -0.1) is 6.58 Å². The van der Waals surface area contributed by atoms with E-state index in [-0.39, 0.29) is 10.4 Å². The lowest BCUT2D eigenvalue weighted by Crippen LogP contribution is -2.06. The second kappa shape index (κ2) is 6.18. The Balaban J connectivity index is 2.61. The SMILES string of the molecule is C=CC(O)c1c(Cl)nc(Cl)nc1C(=C)c1ccccc1. The zero-order valence-corrected chi connectivity index (χ0v) is 12.1. The predicted molar refractivity (Wildman–Crippen MR) is 81.8 cm³/mol. The lowest BCUT2D eigenvalue weighted by Gasteiger charge is -2.15. The van der Waals surface area contributed by atoms with Gasteiger partial charge < -0.3 is 5.11 Å². The number of nitrogens with zero attached hydrogens (tertiary/aromatic N) is 2. The van der Waals surface area contributed by atoms with E-state index in [4.69, 9.17) is 23.2 Å². The lowest BCUT2D eigenvalue weighted by atomic mass is 9.98. The molecule has 3 nitrogen and oxygen atoms in total. The minimum Gasteiger partial charge on any atom is -0.384 e. The highest BCUT2D eigenvalue weighted by molar-refractivity contribution is 6.32. The Kier molecular flexibility index (Phi) is 4.55. The van der Waals surface area contributed by atoms with Crippen molar-refractivity contribution in [3.63, 3.8) is 0 Å². The summed E-state index contributed by atoms with van der Waals surface area (Å²) in [6.07, 6.45) is 0.357. The van der Waals surface area contributed by atoms with Crippen molar-refractivity contribution in [1.82, 2.24) is 9.97 Å². The first-order chi connectivity index (χ1) is 9.54. The van der Waals surface area contributed by atoms with Gasteiger partial charge >= 0.3 is 0 Å². The van der Waals surface area contributed by atoms with Crippen LogP contribution >= 0.6 is 23.2 Å². The molecule has 1 aromatic carbocycles. The van der Waals surface area contributed by atoms with E-state index in [1.807, 2.05) is 30.3 Å². The van der Waals surface area contributed by atoms with E-state index in [1.165, 1.54) is 6.08 Å². The largest absolute Gasteiger partial charge is 0.384 e. The number of hydrogen-bond donors (Lipinski definition) is 1. The van der Waals surface area contributed by atoms with Gasteiger partial charge in [-0.2, -0.15) is 0 Å². The van der Waals surface area contributed by atoms with Crippen LogP contribution in [-0.2, 0) is 0 Å². The Morgan fingerprint density at radius 1 is 1.20 bits per heavy atom. The highest BCUT2D eigenvalue weighted by Gasteiger charge is 2.20. The summed E-state index contributed by atoms with van der Waals surface area (Å²) in [4.78, 5) is 7.99. The zero-order chi connectivity index (χ0) is 14.7. The van der Waals surface area contributed by atoms with Gasteiger partial charge in [0.1, 0.15) is 11.3 Å². The van der Waals surface area contributed by atoms with E-state index in [2.05, 4.69) is 23.1 Å². The maximum atomic E-state index is 10.0. The fourth-order valence-corrected chi connectivity index (χ4v) is 2.30. The molecule has 5 heteroatoms. The first-order valence-corrected chi connectivity index (χ1v) is 6.58. The highest BCUT2D eigenvalue weighted by atomic mass is 35.5. The maximum Gasteiger partial charge on any atom is 0.224 e. The van der Waals surface area contributed by atoms with Gasteiger partial charge in [-0.3, -0.25) is 0 Å². The Labute approximate surface area is 127 Å². The molecule has 20 heavy (non-hydrogen) atoms. The summed E-state index contributed by atoms with van der Waals surface area (Å²) in [5.41, 5.74) is 2.22. The van der Waals surface area contributed by atoms with E-state index in [0.717, 1.165) is 5.56 Å². The third-order valence-electron chi connectivity index (χ3n) is 2.80. The molecular weight excluding hydrogens is 295 g/mol. The molecule has 0 aliphatic carbocycles. The lowest BCUT2D eigenvalue weighted by molar-refractivity contribution is 0.228. The summed E-state index contributed by atoms with van der Waals surface area (Å²) in [6, 6.07) is 9.44. The van der Waals surface area contributed by atoms with Crippen LogP contribution in [0.2, 0.25) is 10.4 Å². The number of halogens is 2. The van der Waals surface area contributed by atoms with Crippen LogP contribution in [0, 0.1) is 0 Å². The molecule has 0 aliphatic heterocycles. The Bertz CT molecular complexity index is 656. The summed E-state index contributed by atoms with van der Waals surface area (Å²) < 4.78 is 0. The smallest absolute Gasteiger partial charge is 0.224 e. The van der Waals surface area contributed by atoms with E-state index in [0.29, 0.717) is 16.8 Å². The zero-order valence-electron chi connectivity index (χ0n) is 10.6. The van der Waals surface area contributed by atoms with Gasteiger partial charge in [0.2, 0.25) is 5.28 Å². The topological polar surface area (TPSA) is 46.0 Å². The minimum atomic E-state index is -0.991. The van der Waals surface area contributed by atoms with Gasteiger partial charge in [-0.05, 0) is 17.2 Å². The molecule has 0 spiro atoms. The maximum absolute atomic E-state index is 10.0. The summed E-state index contributed by atoms with van der Waals surface area (Å²) in [5.74, 6) is 0. The van der Waals surface area contributed by atoms with Crippen LogP contribution in [0.5, 0.6) is 0 Å². The second-order valence-corrected chi connectivity index (χ2v) is 4.77. The number of benzene rings is 1. The predicted octanol–water partition coefficient (Wildman–Crippen LogP) is 4.06. The molecule has 0 radical (unpaired) electrons. The molecule has 0 amide bonds. The highest BCUT2D eigenvalue weighted by Crippen LogP contribution is 2.32. The van der Waals surface area contributed by atoms with Crippen molar-refractivity contribution in [3.8, 4) is 0 Å². The van der Waals surface area contributed by atoms with E-state index < -0.39 is 6.10 Å². The Morgan fingerprint density at radius 2 is 1.85 bits per heavy atom. The number of rotatable bonds is 4. The third kappa shape index (κ3) is 2.90. The average molecular weight is 307 g/mol. The van der Waals surface area contributed by atoms with Crippen LogP contribution in [0.25, 0.3) is 5.57 Å². The molecule has 0 saturated carbocycles. The average Bonchev–Trinajstić information content (AvgIpc) is 2.46.